The average molecular weight is 262 g/mol. The number of rotatable bonds is 6. The van der Waals surface area contributed by atoms with Gasteiger partial charge >= 0.3 is 0 Å². The quantitative estimate of drug-likeness (QED) is 0.786. The van der Waals surface area contributed by atoms with E-state index >= 15 is 0 Å². The molecule has 2 atom stereocenters. The van der Waals surface area contributed by atoms with Crippen molar-refractivity contribution in [2.24, 2.45) is 5.92 Å². The molecule has 2 heteroatoms. The maximum Gasteiger partial charge on any atom is 0.119 e. The Morgan fingerprint density at radius 2 is 1.89 bits per heavy atom. The van der Waals surface area contributed by atoms with Crippen LogP contribution in [0, 0.1) is 5.92 Å². The van der Waals surface area contributed by atoms with Crippen LogP contribution in [-0.4, -0.2) is 17.8 Å². The second-order valence-electron chi connectivity index (χ2n) is 5.66. The highest BCUT2D eigenvalue weighted by atomic mass is 16.5. The van der Waals surface area contributed by atoms with Gasteiger partial charge in [0, 0.05) is 0 Å². The first-order chi connectivity index (χ1) is 9.29. The molecule has 0 bridgehead atoms. The Morgan fingerprint density at radius 3 is 2.58 bits per heavy atom. The van der Waals surface area contributed by atoms with Crippen molar-refractivity contribution >= 4 is 0 Å². The minimum Gasteiger partial charge on any atom is -0.494 e. The van der Waals surface area contributed by atoms with Gasteiger partial charge in [0.25, 0.3) is 0 Å². The lowest BCUT2D eigenvalue weighted by molar-refractivity contribution is 0.0700. The molecule has 2 nitrogen and oxygen atoms in total. The number of ether oxygens (including phenoxy) is 1. The lowest BCUT2D eigenvalue weighted by Gasteiger charge is -2.27. The molecule has 0 amide bonds. The van der Waals surface area contributed by atoms with Crippen molar-refractivity contribution in [3.63, 3.8) is 0 Å². The van der Waals surface area contributed by atoms with Gasteiger partial charge in [-0.05, 0) is 49.3 Å². The summed E-state index contributed by atoms with van der Waals surface area (Å²) in [7, 11) is 0. The molecule has 1 fully saturated rings. The third-order valence-corrected chi connectivity index (χ3v) is 4.06. The zero-order valence-electron chi connectivity index (χ0n) is 12.0. The summed E-state index contributed by atoms with van der Waals surface area (Å²) >= 11 is 0. The number of aliphatic hydroxyl groups is 1. The summed E-state index contributed by atoms with van der Waals surface area (Å²) in [6, 6.07) is 8.39. The van der Waals surface area contributed by atoms with E-state index in [0.29, 0.717) is 5.92 Å². The number of aliphatic hydroxyl groups excluding tert-OH is 1. The second-order valence-corrected chi connectivity index (χ2v) is 5.66. The van der Waals surface area contributed by atoms with E-state index in [1.807, 2.05) is 0 Å². The first-order valence-corrected chi connectivity index (χ1v) is 7.69. The standard InChI is InChI=1S/C17H26O2/c1-2-3-12-19-16-10-8-14(9-11-16)13-15-6-4-5-7-17(15)18/h8-11,15,17-18H,2-7,12-13H2,1H3. The number of unbranched alkanes of at least 4 members (excludes halogenated alkanes) is 1. The topological polar surface area (TPSA) is 29.5 Å². The molecule has 1 saturated carbocycles. The van der Waals surface area contributed by atoms with E-state index in [-0.39, 0.29) is 6.10 Å². The Morgan fingerprint density at radius 1 is 1.16 bits per heavy atom. The van der Waals surface area contributed by atoms with E-state index in [1.54, 1.807) is 0 Å². The molecule has 0 saturated heterocycles. The van der Waals surface area contributed by atoms with Gasteiger partial charge in [-0.25, -0.2) is 0 Å². The van der Waals surface area contributed by atoms with E-state index in [1.165, 1.54) is 18.4 Å². The summed E-state index contributed by atoms with van der Waals surface area (Å²) in [5.41, 5.74) is 1.31. The summed E-state index contributed by atoms with van der Waals surface area (Å²) in [4.78, 5) is 0. The van der Waals surface area contributed by atoms with Crippen molar-refractivity contribution in [3.05, 3.63) is 29.8 Å². The fourth-order valence-corrected chi connectivity index (χ4v) is 2.79. The maximum absolute atomic E-state index is 10.0. The summed E-state index contributed by atoms with van der Waals surface area (Å²) in [6.45, 7) is 2.97. The van der Waals surface area contributed by atoms with Crippen molar-refractivity contribution in [3.8, 4) is 5.75 Å². The Balaban J connectivity index is 1.84. The highest BCUT2D eigenvalue weighted by molar-refractivity contribution is 5.27. The molecule has 106 valence electrons. The van der Waals surface area contributed by atoms with Gasteiger partial charge in [-0.2, -0.15) is 0 Å². The van der Waals surface area contributed by atoms with Crippen molar-refractivity contribution in [1.82, 2.24) is 0 Å². The van der Waals surface area contributed by atoms with Crippen LogP contribution in [0.2, 0.25) is 0 Å². The Hall–Kier alpha value is -1.02. The smallest absolute Gasteiger partial charge is 0.119 e. The largest absolute Gasteiger partial charge is 0.494 e. The first-order valence-electron chi connectivity index (χ1n) is 7.69. The van der Waals surface area contributed by atoms with E-state index < -0.39 is 0 Å². The van der Waals surface area contributed by atoms with Crippen LogP contribution in [-0.2, 0) is 6.42 Å². The van der Waals surface area contributed by atoms with Crippen LogP contribution >= 0.6 is 0 Å². The molecule has 0 spiro atoms. The van der Waals surface area contributed by atoms with Crippen molar-refractivity contribution in [1.29, 1.82) is 0 Å². The maximum atomic E-state index is 10.0. The Bertz CT molecular complexity index is 358. The molecule has 19 heavy (non-hydrogen) atoms. The molecule has 1 N–H and O–H groups in total. The van der Waals surface area contributed by atoms with Gasteiger partial charge in [0.2, 0.25) is 0 Å². The monoisotopic (exact) mass is 262 g/mol. The molecular weight excluding hydrogens is 236 g/mol. The SMILES string of the molecule is CCCCOc1ccc(CC2CCCCC2O)cc1. The summed E-state index contributed by atoms with van der Waals surface area (Å²) in [6.07, 6.45) is 7.75. The molecule has 0 aliphatic heterocycles. The zero-order chi connectivity index (χ0) is 13.5. The lowest BCUT2D eigenvalue weighted by atomic mass is 9.82. The fraction of sp³-hybridized carbons (Fsp3) is 0.647. The van der Waals surface area contributed by atoms with Gasteiger partial charge in [0.1, 0.15) is 5.75 Å². The summed E-state index contributed by atoms with van der Waals surface area (Å²) in [5, 5.41) is 10.0. The highest BCUT2D eigenvalue weighted by Gasteiger charge is 2.22. The summed E-state index contributed by atoms with van der Waals surface area (Å²) < 4.78 is 5.66. The minimum atomic E-state index is -0.103. The van der Waals surface area contributed by atoms with Gasteiger partial charge in [0.05, 0.1) is 12.7 Å². The first kappa shape index (κ1) is 14.4. The number of hydrogen-bond acceptors (Lipinski definition) is 2. The lowest BCUT2D eigenvalue weighted by Crippen LogP contribution is -2.26. The third kappa shape index (κ3) is 4.54. The predicted octanol–water partition coefficient (Wildman–Crippen LogP) is 3.96. The highest BCUT2D eigenvalue weighted by Crippen LogP contribution is 2.28. The van der Waals surface area contributed by atoms with Gasteiger partial charge in [-0.1, -0.05) is 38.3 Å². The minimum absolute atomic E-state index is 0.103. The number of benzene rings is 1. The van der Waals surface area contributed by atoms with Crippen molar-refractivity contribution in [2.75, 3.05) is 6.61 Å². The normalized spacial score (nSPS) is 23.3. The van der Waals surface area contributed by atoms with Crippen LogP contribution in [0.3, 0.4) is 0 Å². The van der Waals surface area contributed by atoms with Crippen LogP contribution in [0.15, 0.2) is 24.3 Å². The molecule has 2 unspecified atom stereocenters. The predicted molar refractivity (Wildman–Crippen MR) is 78.5 cm³/mol. The Kier molecular flexibility index (Phi) is 5.71. The van der Waals surface area contributed by atoms with E-state index in [4.69, 9.17) is 4.74 Å². The van der Waals surface area contributed by atoms with Crippen LogP contribution in [0.25, 0.3) is 0 Å². The molecule has 2 rings (SSSR count). The fourth-order valence-electron chi connectivity index (χ4n) is 2.79. The molecule has 0 aromatic heterocycles. The van der Waals surface area contributed by atoms with Crippen LogP contribution in [0.5, 0.6) is 5.75 Å². The molecule has 1 aromatic carbocycles. The second kappa shape index (κ2) is 7.54. The molecule has 0 radical (unpaired) electrons. The van der Waals surface area contributed by atoms with E-state index in [9.17, 15) is 5.11 Å². The average Bonchev–Trinajstić information content (AvgIpc) is 2.44. The molecule has 0 heterocycles. The van der Waals surface area contributed by atoms with Crippen LogP contribution in [0.1, 0.15) is 51.0 Å². The van der Waals surface area contributed by atoms with Crippen LogP contribution in [0.4, 0.5) is 0 Å². The van der Waals surface area contributed by atoms with Crippen molar-refractivity contribution < 1.29 is 9.84 Å². The van der Waals surface area contributed by atoms with Crippen LogP contribution < -0.4 is 4.74 Å². The molecule has 1 aliphatic rings. The van der Waals surface area contributed by atoms with Gasteiger partial charge in [-0.15, -0.1) is 0 Å². The van der Waals surface area contributed by atoms with E-state index in [2.05, 4.69) is 31.2 Å². The molecule has 1 aromatic rings. The Labute approximate surface area is 116 Å². The summed E-state index contributed by atoms with van der Waals surface area (Å²) in [5.74, 6) is 1.40. The molecule has 1 aliphatic carbocycles. The van der Waals surface area contributed by atoms with E-state index in [0.717, 1.165) is 44.5 Å². The zero-order valence-corrected chi connectivity index (χ0v) is 12.0. The van der Waals surface area contributed by atoms with Crippen molar-refractivity contribution in [2.45, 2.75) is 58.0 Å². The van der Waals surface area contributed by atoms with Gasteiger partial charge < -0.3 is 9.84 Å². The molecular formula is C17H26O2. The van der Waals surface area contributed by atoms with Gasteiger partial charge in [0.15, 0.2) is 0 Å². The third-order valence-electron chi connectivity index (χ3n) is 4.06. The van der Waals surface area contributed by atoms with Gasteiger partial charge in [-0.3, -0.25) is 0 Å². The number of hydrogen-bond donors (Lipinski definition) is 1.